The van der Waals surface area contributed by atoms with Crippen molar-refractivity contribution in [3.8, 4) is 0 Å². The Kier molecular flexibility index (Phi) is 6.18. The summed E-state index contributed by atoms with van der Waals surface area (Å²) in [5.74, 6) is -0.856. The first-order valence-corrected chi connectivity index (χ1v) is 6.56. The number of likely N-dealkylation sites (N-methyl/N-ethyl adjacent to an activating group) is 1. The van der Waals surface area contributed by atoms with E-state index in [1.54, 1.807) is 11.3 Å². The molecule has 1 aromatic rings. The molecule has 0 aliphatic carbocycles. The number of rotatable bonds is 8. The maximum absolute atomic E-state index is 10.3. The van der Waals surface area contributed by atoms with E-state index in [0.29, 0.717) is 13.0 Å². The molecule has 2 N–H and O–H groups in total. The van der Waals surface area contributed by atoms with Crippen LogP contribution in [0, 0.1) is 0 Å². The van der Waals surface area contributed by atoms with Crippen molar-refractivity contribution in [2.45, 2.75) is 25.4 Å². The Morgan fingerprint density at radius 3 is 2.94 bits per heavy atom. The summed E-state index contributed by atoms with van der Waals surface area (Å²) in [6.07, 6.45) is 0.762. The van der Waals surface area contributed by atoms with Gasteiger partial charge in [0.1, 0.15) is 0 Å². The Morgan fingerprint density at radius 1 is 1.59 bits per heavy atom. The fraction of sp³-hybridized carbons (Fsp3) is 0.583. The standard InChI is InChI=1S/C12H19NO3S/c1-13(7-6-11-3-2-8-17-11)9-10(14)4-5-12(15)16/h2-3,8,10,14H,4-7,9H2,1H3,(H,15,16). The van der Waals surface area contributed by atoms with Gasteiger partial charge in [0.15, 0.2) is 0 Å². The van der Waals surface area contributed by atoms with E-state index in [0.717, 1.165) is 13.0 Å². The lowest BCUT2D eigenvalue weighted by Gasteiger charge is -2.19. The first-order chi connectivity index (χ1) is 8.08. The minimum absolute atomic E-state index is 0.0277. The lowest BCUT2D eigenvalue weighted by atomic mass is 10.2. The van der Waals surface area contributed by atoms with E-state index in [2.05, 4.69) is 11.4 Å². The first-order valence-electron chi connectivity index (χ1n) is 5.68. The number of carboxylic acids is 1. The SMILES string of the molecule is CN(CCc1cccs1)CC(O)CCC(=O)O. The van der Waals surface area contributed by atoms with Gasteiger partial charge in [0.2, 0.25) is 0 Å². The van der Waals surface area contributed by atoms with Crippen LogP contribution in [-0.2, 0) is 11.2 Å². The molecular formula is C12H19NO3S. The average Bonchev–Trinajstić information content (AvgIpc) is 2.76. The van der Waals surface area contributed by atoms with Gasteiger partial charge in [-0.15, -0.1) is 11.3 Å². The third-order valence-electron chi connectivity index (χ3n) is 2.53. The van der Waals surface area contributed by atoms with Crippen molar-refractivity contribution in [3.63, 3.8) is 0 Å². The van der Waals surface area contributed by atoms with Gasteiger partial charge >= 0.3 is 5.97 Å². The highest BCUT2D eigenvalue weighted by Crippen LogP contribution is 2.09. The molecule has 0 saturated heterocycles. The molecule has 4 nitrogen and oxygen atoms in total. The molecule has 17 heavy (non-hydrogen) atoms. The molecule has 0 radical (unpaired) electrons. The molecule has 0 aliphatic heterocycles. The Bertz CT molecular complexity index is 327. The molecule has 0 saturated carbocycles. The molecule has 1 rings (SSSR count). The number of thiophene rings is 1. The smallest absolute Gasteiger partial charge is 0.303 e. The van der Waals surface area contributed by atoms with Crippen LogP contribution in [-0.4, -0.2) is 47.3 Å². The third-order valence-corrected chi connectivity index (χ3v) is 3.47. The maximum atomic E-state index is 10.3. The molecule has 1 heterocycles. The summed E-state index contributed by atoms with van der Waals surface area (Å²) < 4.78 is 0. The summed E-state index contributed by atoms with van der Waals surface area (Å²) in [4.78, 5) is 13.7. The lowest BCUT2D eigenvalue weighted by molar-refractivity contribution is -0.137. The van der Waals surface area contributed by atoms with Crippen molar-refractivity contribution in [2.75, 3.05) is 20.1 Å². The second-order valence-corrected chi connectivity index (χ2v) is 5.21. The number of aliphatic hydroxyl groups excluding tert-OH is 1. The summed E-state index contributed by atoms with van der Waals surface area (Å²) >= 11 is 1.73. The van der Waals surface area contributed by atoms with Crippen LogP contribution in [0.5, 0.6) is 0 Å². The van der Waals surface area contributed by atoms with Gasteiger partial charge < -0.3 is 15.1 Å². The van der Waals surface area contributed by atoms with Gasteiger partial charge in [0.25, 0.3) is 0 Å². The zero-order chi connectivity index (χ0) is 12.7. The molecule has 0 amide bonds. The van der Waals surface area contributed by atoms with Crippen LogP contribution in [0.4, 0.5) is 0 Å². The third kappa shape index (κ3) is 6.41. The predicted molar refractivity (Wildman–Crippen MR) is 68.4 cm³/mol. The highest BCUT2D eigenvalue weighted by Gasteiger charge is 2.10. The lowest BCUT2D eigenvalue weighted by Crippen LogP contribution is -2.31. The van der Waals surface area contributed by atoms with E-state index in [1.807, 2.05) is 18.0 Å². The molecule has 0 aromatic carbocycles. The van der Waals surface area contributed by atoms with Crippen LogP contribution in [0.1, 0.15) is 17.7 Å². The fourth-order valence-electron chi connectivity index (χ4n) is 1.59. The van der Waals surface area contributed by atoms with Gasteiger partial charge in [-0.05, 0) is 31.3 Å². The number of hydrogen-bond donors (Lipinski definition) is 2. The monoisotopic (exact) mass is 257 g/mol. The number of aliphatic carboxylic acids is 1. The second-order valence-electron chi connectivity index (χ2n) is 4.18. The average molecular weight is 257 g/mol. The Balaban J connectivity index is 2.15. The Morgan fingerprint density at radius 2 is 2.35 bits per heavy atom. The van der Waals surface area contributed by atoms with Gasteiger partial charge in [0, 0.05) is 24.4 Å². The predicted octanol–water partition coefficient (Wildman–Crippen LogP) is 1.45. The highest BCUT2D eigenvalue weighted by molar-refractivity contribution is 7.09. The van der Waals surface area contributed by atoms with E-state index >= 15 is 0 Å². The summed E-state index contributed by atoms with van der Waals surface area (Å²) in [6, 6.07) is 4.13. The van der Waals surface area contributed by atoms with E-state index in [-0.39, 0.29) is 6.42 Å². The van der Waals surface area contributed by atoms with Crippen molar-refractivity contribution in [1.29, 1.82) is 0 Å². The topological polar surface area (TPSA) is 60.8 Å². The van der Waals surface area contributed by atoms with Crippen LogP contribution in [0.25, 0.3) is 0 Å². The number of nitrogens with zero attached hydrogens (tertiary/aromatic N) is 1. The van der Waals surface area contributed by atoms with Crippen LogP contribution < -0.4 is 0 Å². The zero-order valence-corrected chi connectivity index (χ0v) is 10.8. The molecule has 0 spiro atoms. The van der Waals surface area contributed by atoms with Gasteiger partial charge in [0.05, 0.1) is 6.10 Å². The molecule has 0 aliphatic rings. The van der Waals surface area contributed by atoms with Crippen LogP contribution >= 0.6 is 11.3 Å². The highest BCUT2D eigenvalue weighted by atomic mass is 32.1. The van der Waals surface area contributed by atoms with Gasteiger partial charge in [-0.25, -0.2) is 0 Å². The molecule has 1 aromatic heterocycles. The number of aliphatic hydroxyl groups is 1. The largest absolute Gasteiger partial charge is 0.481 e. The van der Waals surface area contributed by atoms with Gasteiger partial charge in [-0.1, -0.05) is 6.07 Å². The molecule has 96 valence electrons. The van der Waals surface area contributed by atoms with Crippen molar-refractivity contribution in [2.24, 2.45) is 0 Å². The van der Waals surface area contributed by atoms with Gasteiger partial charge in [-0.3, -0.25) is 4.79 Å². The van der Waals surface area contributed by atoms with Crippen LogP contribution in [0.2, 0.25) is 0 Å². The van der Waals surface area contributed by atoms with E-state index in [1.165, 1.54) is 4.88 Å². The first kappa shape index (κ1) is 14.2. The minimum Gasteiger partial charge on any atom is -0.481 e. The van der Waals surface area contributed by atoms with E-state index in [9.17, 15) is 9.90 Å². The van der Waals surface area contributed by atoms with Crippen molar-refractivity contribution >= 4 is 17.3 Å². The second kappa shape index (κ2) is 7.42. The maximum Gasteiger partial charge on any atom is 0.303 e. The molecule has 1 unspecified atom stereocenters. The minimum atomic E-state index is -0.856. The number of carbonyl (C=O) groups is 1. The summed E-state index contributed by atoms with van der Waals surface area (Å²) in [5.41, 5.74) is 0. The summed E-state index contributed by atoms with van der Waals surface area (Å²) in [6.45, 7) is 1.41. The normalized spacial score (nSPS) is 12.9. The summed E-state index contributed by atoms with van der Waals surface area (Å²) in [7, 11) is 1.94. The van der Waals surface area contributed by atoms with Crippen molar-refractivity contribution in [1.82, 2.24) is 4.90 Å². The number of hydrogen-bond acceptors (Lipinski definition) is 4. The van der Waals surface area contributed by atoms with E-state index in [4.69, 9.17) is 5.11 Å². The molecular weight excluding hydrogens is 238 g/mol. The molecule has 1 atom stereocenters. The Hall–Kier alpha value is -0.910. The van der Waals surface area contributed by atoms with Crippen LogP contribution in [0.15, 0.2) is 17.5 Å². The zero-order valence-electron chi connectivity index (χ0n) is 10.0. The molecule has 5 heteroatoms. The Labute approximate surface area is 106 Å². The van der Waals surface area contributed by atoms with E-state index < -0.39 is 12.1 Å². The molecule has 0 bridgehead atoms. The number of carboxylic acid groups (broad SMARTS) is 1. The van der Waals surface area contributed by atoms with Crippen molar-refractivity contribution in [3.05, 3.63) is 22.4 Å². The molecule has 0 fully saturated rings. The van der Waals surface area contributed by atoms with Crippen molar-refractivity contribution < 1.29 is 15.0 Å². The summed E-state index contributed by atoms with van der Waals surface area (Å²) in [5, 5.41) is 20.2. The quantitative estimate of drug-likeness (QED) is 0.740. The fourth-order valence-corrected chi connectivity index (χ4v) is 2.29. The van der Waals surface area contributed by atoms with Gasteiger partial charge in [-0.2, -0.15) is 0 Å². The van der Waals surface area contributed by atoms with Crippen LogP contribution in [0.3, 0.4) is 0 Å².